The third-order valence-corrected chi connectivity index (χ3v) is 5.12. The van der Waals surface area contributed by atoms with Crippen molar-refractivity contribution >= 4 is 5.96 Å². The number of piperazine rings is 1. The van der Waals surface area contributed by atoms with Crippen LogP contribution in [0.15, 0.2) is 29.3 Å². The predicted molar refractivity (Wildman–Crippen MR) is 112 cm³/mol. The van der Waals surface area contributed by atoms with Gasteiger partial charge in [-0.15, -0.1) is 0 Å². The van der Waals surface area contributed by atoms with Gasteiger partial charge in [0, 0.05) is 59.4 Å². The van der Waals surface area contributed by atoms with Crippen molar-refractivity contribution in [2.24, 2.45) is 10.9 Å². The van der Waals surface area contributed by atoms with Crippen LogP contribution in [0.5, 0.6) is 0 Å². The molecule has 0 amide bonds. The molecule has 5 nitrogen and oxygen atoms in total. The highest BCUT2D eigenvalue weighted by molar-refractivity contribution is 5.79. The van der Waals surface area contributed by atoms with Crippen LogP contribution in [-0.2, 0) is 12.7 Å². The second-order valence-electron chi connectivity index (χ2n) is 7.95. The molecule has 0 saturated carbocycles. The third-order valence-electron chi connectivity index (χ3n) is 5.12. The molecule has 164 valence electrons. The molecule has 8 heteroatoms. The summed E-state index contributed by atoms with van der Waals surface area (Å²) in [4.78, 5) is 11.5. The van der Waals surface area contributed by atoms with Crippen LogP contribution in [0, 0.1) is 5.92 Å². The number of nitrogens with zero attached hydrogens (tertiary/aromatic N) is 4. The van der Waals surface area contributed by atoms with Crippen molar-refractivity contribution in [3.63, 3.8) is 0 Å². The van der Waals surface area contributed by atoms with Gasteiger partial charge in [0.05, 0.1) is 5.56 Å². The number of rotatable bonds is 7. The van der Waals surface area contributed by atoms with Gasteiger partial charge in [-0.25, -0.2) is 0 Å². The van der Waals surface area contributed by atoms with E-state index in [1.165, 1.54) is 12.1 Å². The fraction of sp³-hybridized carbons (Fsp3) is 0.667. The van der Waals surface area contributed by atoms with Gasteiger partial charge in [-0.3, -0.25) is 4.99 Å². The molecule has 1 N–H and O–H groups in total. The van der Waals surface area contributed by atoms with Crippen molar-refractivity contribution in [3.8, 4) is 0 Å². The van der Waals surface area contributed by atoms with E-state index in [9.17, 15) is 13.2 Å². The van der Waals surface area contributed by atoms with Crippen molar-refractivity contribution in [3.05, 3.63) is 35.4 Å². The normalized spacial score (nSPS) is 18.0. The van der Waals surface area contributed by atoms with Gasteiger partial charge in [-0.2, -0.15) is 13.2 Å². The Bertz CT molecular complexity index is 637. The summed E-state index contributed by atoms with van der Waals surface area (Å²) in [7, 11) is 4.06. The first-order valence-electron chi connectivity index (χ1n) is 10.3. The third kappa shape index (κ3) is 7.85. The summed E-state index contributed by atoms with van der Waals surface area (Å²) in [5.74, 6) is 1.21. The van der Waals surface area contributed by atoms with Crippen LogP contribution < -0.4 is 5.32 Å². The summed E-state index contributed by atoms with van der Waals surface area (Å²) in [5, 5.41) is 3.28. The molecule has 1 unspecified atom stereocenters. The maximum atomic E-state index is 12.7. The van der Waals surface area contributed by atoms with Gasteiger partial charge in [-0.05, 0) is 37.6 Å². The molecule has 1 aliphatic rings. The Morgan fingerprint density at radius 1 is 1.17 bits per heavy atom. The Morgan fingerprint density at radius 3 is 2.34 bits per heavy atom. The van der Waals surface area contributed by atoms with Crippen molar-refractivity contribution < 1.29 is 13.2 Å². The summed E-state index contributed by atoms with van der Waals surface area (Å²) in [6, 6.07) is 5.31. The Balaban J connectivity index is 1.91. The van der Waals surface area contributed by atoms with Crippen molar-refractivity contribution in [1.29, 1.82) is 0 Å². The Kier molecular flexibility index (Phi) is 8.77. The highest BCUT2D eigenvalue weighted by atomic mass is 19.4. The lowest BCUT2D eigenvalue weighted by atomic mass is 10.1. The second-order valence-corrected chi connectivity index (χ2v) is 7.95. The molecule has 2 rings (SSSR count). The van der Waals surface area contributed by atoms with Crippen LogP contribution in [0.4, 0.5) is 13.2 Å². The average molecular weight is 414 g/mol. The standard InChI is InChI=1S/C21H34F3N5/c1-5-25-20(26-14-17(2)15-29-12-10-27(3)11-13-29)28(4)16-18-6-8-19(9-7-18)21(22,23)24/h6-9,17H,5,10-16H2,1-4H3,(H,25,26). The minimum atomic E-state index is -4.30. The highest BCUT2D eigenvalue weighted by Gasteiger charge is 2.30. The lowest BCUT2D eigenvalue weighted by molar-refractivity contribution is -0.137. The fourth-order valence-electron chi connectivity index (χ4n) is 3.39. The molecule has 0 spiro atoms. The SMILES string of the molecule is CCNC(=NCC(C)CN1CCN(C)CC1)N(C)Cc1ccc(C(F)(F)F)cc1. The average Bonchev–Trinajstić information content (AvgIpc) is 2.66. The predicted octanol–water partition coefficient (Wildman–Crippen LogP) is 2.99. The molecular formula is C21H34F3N5. The Morgan fingerprint density at radius 2 is 1.79 bits per heavy atom. The quantitative estimate of drug-likeness (QED) is 0.551. The molecule has 1 fully saturated rings. The summed E-state index contributed by atoms with van der Waals surface area (Å²) in [6.45, 7) is 11.6. The van der Waals surface area contributed by atoms with E-state index in [-0.39, 0.29) is 0 Å². The number of guanidine groups is 1. The zero-order valence-electron chi connectivity index (χ0n) is 18.0. The zero-order chi connectivity index (χ0) is 21.4. The molecule has 1 heterocycles. The minimum Gasteiger partial charge on any atom is -0.357 e. The van der Waals surface area contributed by atoms with E-state index in [1.807, 2.05) is 18.9 Å². The van der Waals surface area contributed by atoms with Gasteiger partial charge in [0.15, 0.2) is 5.96 Å². The van der Waals surface area contributed by atoms with Crippen LogP contribution in [0.2, 0.25) is 0 Å². The van der Waals surface area contributed by atoms with Crippen molar-refractivity contribution in [2.45, 2.75) is 26.6 Å². The lowest BCUT2D eigenvalue weighted by Crippen LogP contribution is -2.46. The fourth-order valence-corrected chi connectivity index (χ4v) is 3.39. The number of halogens is 3. The van der Waals surface area contributed by atoms with Gasteiger partial charge in [-0.1, -0.05) is 19.1 Å². The summed E-state index contributed by atoms with van der Waals surface area (Å²) in [6.07, 6.45) is -4.30. The van der Waals surface area contributed by atoms with Gasteiger partial charge < -0.3 is 20.0 Å². The van der Waals surface area contributed by atoms with Crippen molar-refractivity contribution in [1.82, 2.24) is 20.0 Å². The largest absolute Gasteiger partial charge is 0.416 e. The van der Waals surface area contributed by atoms with Gasteiger partial charge in [0.1, 0.15) is 0 Å². The number of aliphatic imine (C=N–C) groups is 1. The minimum absolute atomic E-state index is 0.437. The van der Waals surface area contributed by atoms with E-state index in [0.29, 0.717) is 19.0 Å². The molecule has 29 heavy (non-hydrogen) atoms. The molecule has 0 aliphatic carbocycles. The van der Waals surface area contributed by atoms with E-state index in [4.69, 9.17) is 4.99 Å². The zero-order valence-corrected chi connectivity index (χ0v) is 18.0. The maximum Gasteiger partial charge on any atom is 0.416 e. The van der Waals surface area contributed by atoms with Gasteiger partial charge >= 0.3 is 6.18 Å². The monoisotopic (exact) mass is 413 g/mol. The van der Waals surface area contributed by atoms with E-state index in [0.717, 1.165) is 62.9 Å². The van der Waals surface area contributed by atoms with Gasteiger partial charge in [0.25, 0.3) is 0 Å². The number of hydrogen-bond donors (Lipinski definition) is 1. The molecular weight excluding hydrogens is 379 g/mol. The molecule has 1 aliphatic heterocycles. The number of alkyl halides is 3. The van der Waals surface area contributed by atoms with Crippen LogP contribution in [0.1, 0.15) is 25.0 Å². The number of likely N-dealkylation sites (N-methyl/N-ethyl adjacent to an activating group) is 1. The molecule has 1 saturated heterocycles. The number of benzene rings is 1. The summed E-state index contributed by atoms with van der Waals surface area (Å²) in [5.41, 5.74) is 0.193. The van der Waals surface area contributed by atoms with Crippen LogP contribution >= 0.6 is 0 Å². The lowest BCUT2D eigenvalue weighted by Gasteiger charge is -2.33. The molecule has 1 aromatic carbocycles. The molecule has 0 bridgehead atoms. The molecule has 0 radical (unpaired) electrons. The number of nitrogens with one attached hydrogen (secondary N) is 1. The molecule has 0 aromatic heterocycles. The maximum absolute atomic E-state index is 12.7. The number of hydrogen-bond acceptors (Lipinski definition) is 3. The molecule has 1 aromatic rings. The van der Waals surface area contributed by atoms with E-state index < -0.39 is 11.7 Å². The van der Waals surface area contributed by atoms with E-state index >= 15 is 0 Å². The molecule has 1 atom stereocenters. The Hall–Kier alpha value is -1.80. The van der Waals surface area contributed by atoms with Crippen LogP contribution in [0.3, 0.4) is 0 Å². The highest BCUT2D eigenvalue weighted by Crippen LogP contribution is 2.29. The first-order chi connectivity index (χ1) is 13.7. The first-order valence-corrected chi connectivity index (χ1v) is 10.3. The second kappa shape index (κ2) is 10.8. The van der Waals surface area contributed by atoms with E-state index in [1.54, 1.807) is 0 Å². The van der Waals surface area contributed by atoms with Crippen molar-refractivity contribution in [2.75, 3.05) is 59.9 Å². The topological polar surface area (TPSA) is 34.1 Å². The smallest absolute Gasteiger partial charge is 0.357 e. The van der Waals surface area contributed by atoms with Gasteiger partial charge in [0.2, 0.25) is 0 Å². The van der Waals surface area contributed by atoms with Crippen LogP contribution in [-0.4, -0.2) is 80.6 Å². The Labute approximate surface area is 172 Å². The van der Waals surface area contributed by atoms with E-state index in [2.05, 4.69) is 29.1 Å². The summed E-state index contributed by atoms with van der Waals surface area (Å²) >= 11 is 0. The van der Waals surface area contributed by atoms with Crippen LogP contribution in [0.25, 0.3) is 0 Å². The summed E-state index contributed by atoms with van der Waals surface area (Å²) < 4.78 is 38.2. The first kappa shape index (κ1) is 23.5.